The second-order valence-corrected chi connectivity index (χ2v) is 6.11. The second-order valence-electron chi connectivity index (χ2n) is 5.67. The Morgan fingerprint density at radius 2 is 2.10 bits per heavy atom. The van der Waals surface area contributed by atoms with Gasteiger partial charge in [-0.3, -0.25) is 10.1 Å². The molecule has 1 aliphatic rings. The minimum atomic E-state index is -0.358. The molecule has 0 aromatic heterocycles. The molecule has 0 saturated carbocycles. The topological polar surface area (TPSA) is 58.4 Å². The monoisotopic (exact) mass is 311 g/mol. The van der Waals surface area contributed by atoms with E-state index in [2.05, 4.69) is 17.1 Å². The van der Waals surface area contributed by atoms with Gasteiger partial charge in [0.05, 0.1) is 4.92 Å². The Bertz CT molecular complexity index is 490. The Morgan fingerprint density at radius 3 is 2.76 bits per heavy atom. The molecule has 5 nitrogen and oxygen atoms in total. The molecule has 0 aliphatic carbocycles. The SMILES string of the molecule is CC(CN1CCCCC1)NCc1cc(Cl)ccc1[N+](=O)[O-]. The van der Waals surface area contributed by atoms with Crippen molar-refractivity contribution in [1.82, 2.24) is 10.2 Å². The molecule has 1 atom stereocenters. The molecule has 116 valence electrons. The lowest BCUT2D eigenvalue weighted by Crippen LogP contribution is -2.41. The van der Waals surface area contributed by atoms with Gasteiger partial charge in [-0.05, 0) is 45.0 Å². The molecule has 0 bridgehead atoms. The van der Waals surface area contributed by atoms with Gasteiger partial charge in [0.15, 0.2) is 0 Å². The highest BCUT2D eigenvalue weighted by Crippen LogP contribution is 2.22. The van der Waals surface area contributed by atoms with Gasteiger partial charge in [0, 0.05) is 35.8 Å². The van der Waals surface area contributed by atoms with Crippen LogP contribution in [-0.2, 0) is 6.54 Å². The smallest absolute Gasteiger partial charge is 0.273 e. The van der Waals surface area contributed by atoms with Crippen molar-refractivity contribution in [2.75, 3.05) is 19.6 Å². The van der Waals surface area contributed by atoms with Crippen molar-refractivity contribution >= 4 is 17.3 Å². The van der Waals surface area contributed by atoms with E-state index in [4.69, 9.17) is 11.6 Å². The zero-order valence-corrected chi connectivity index (χ0v) is 13.1. The van der Waals surface area contributed by atoms with Gasteiger partial charge in [0.25, 0.3) is 5.69 Å². The average molecular weight is 312 g/mol. The maximum atomic E-state index is 11.0. The lowest BCUT2D eigenvalue weighted by Gasteiger charge is -2.29. The van der Waals surface area contributed by atoms with E-state index >= 15 is 0 Å². The molecule has 6 heteroatoms. The number of nitro benzene ring substituents is 1. The second kappa shape index (κ2) is 7.73. The third-order valence-corrected chi connectivity index (χ3v) is 4.10. The third kappa shape index (κ3) is 4.95. The zero-order valence-electron chi connectivity index (χ0n) is 12.3. The predicted molar refractivity (Wildman–Crippen MR) is 84.7 cm³/mol. The Hall–Kier alpha value is -1.17. The van der Waals surface area contributed by atoms with Crippen LogP contribution in [0.1, 0.15) is 31.7 Å². The zero-order chi connectivity index (χ0) is 15.2. The van der Waals surface area contributed by atoms with Crippen molar-refractivity contribution in [3.63, 3.8) is 0 Å². The number of likely N-dealkylation sites (tertiary alicyclic amines) is 1. The Balaban J connectivity index is 1.89. The van der Waals surface area contributed by atoms with Gasteiger partial charge in [-0.25, -0.2) is 0 Å². The van der Waals surface area contributed by atoms with Crippen LogP contribution in [-0.4, -0.2) is 35.5 Å². The van der Waals surface area contributed by atoms with Crippen molar-refractivity contribution in [3.05, 3.63) is 38.9 Å². The van der Waals surface area contributed by atoms with Crippen molar-refractivity contribution in [1.29, 1.82) is 0 Å². The van der Waals surface area contributed by atoms with Gasteiger partial charge in [0.1, 0.15) is 0 Å². The fraction of sp³-hybridized carbons (Fsp3) is 0.600. The van der Waals surface area contributed by atoms with E-state index in [1.165, 1.54) is 25.3 Å². The van der Waals surface area contributed by atoms with E-state index in [1.54, 1.807) is 12.1 Å². The summed E-state index contributed by atoms with van der Waals surface area (Å²) in [6.45, 7) is 5.87. The standard InChI is InChI=1S/C15H22ClN3O2/c1-12(11-18-7-3-2-4-8-18)17-10-13-9-14(16)5-6-15(13)19(20)21/h5-6,9,12,17H,2-4,7-8,10-11H2,1H3. The fourth-order valence-corrected chi connectivity index (χ4v) is 2.95. The number of nitrogens with zero attached hydrogens (tertiary/aromatic N) is 2. The molecular formula is C15H22ClN3O2. The molecule has 0 radical (unpaired) electrons. The van der Waals surface area contributed by atoms with Crippen molar-refractivity contribution < 1.29 is 4.92 Å². The van der Waals surface area contributed by atoms with Crippen LogP contribution in [0.15, 0.2) is 18.2 Å². The Morgan fingerprint density at radius 1 is 1.38 bits per heavy atom. The van der Waals surface area contributed by atoms with Crippen molar-refractivity contribution in [2.45, 2.75) is 38.8 Å². The number of rotatable bonds is 6. The first-order chi connectivity index (χ1) is 10.1. The minimum absolute atomic E-state index is 0.122. The summed E-state index contributed by atoms with van der Waals surface area (Å²) < 4.78 is 0. The summed E-state index contributed by atoms with van der Waals surface area (Å²) in [5, 5.41) is 14.9. The Kier molecular flexibility index (Phi) is 5.96. The number of nitrogens with one attached hydrogen (secondary N) is 1. The summed E-state index contributed by atoms with van der Waals surface area (Å²) in [5.74, 6) is 0. The first-order valence-electron chi connectivity index (χ1n) is 7.45. The lowest BCUT2D eigenvalue weighted by molar-refractivity contribution is -0.385. The molecular weight excluding hydrogens is 290 g/mol. The van der Waals surface area contributed by atoms with Crippen LogP contribution >= 0.6 is 11.6 Å². The third-order valence-electron chi connectivity index (χ3n) is 3.86. The maximum Gasteiger partial charge on any atom is 0.273 e. The largest absolute Gasteiger partial charge is 0.309 e. The van der Waals surface area contributed by atoms with E-state index in [0.717, 1.165) is 19.6 Å². The van der Waals surface area contributed by atoms with Gasteiger partial charge in [0.2, 0.25) is 0 Å². The van der Waals surface area contributed by atoms with Crippen LogP contribution < -0.4 is 5.32 Å². The summed E-state index contributed by atoms with van der Waals surface area (Å²) in [5.41, 5.74) is 0.759. The van der Waals surface area contributed by atoms with Crippen molar-refractivity contribution in [3.8, 4) is 0 Å². The highest BCUT2D eigenvalue weighted by molar-refractivity contribution is 6.30. The number of piperidine rings is 1. The van der Waals surface area contributed by atoms with Gasteiger partial charge >= 0.3 is 0 Å². The summed E-state index contributed by atoms with van der Waals surface area (Å²) in [7, 11) is 0. The molecule has 1 heterocycles. The van der Waals surface area contributed by atoms with E-state index in [0.29, 0.717) is 23.2 Å². The molecule has 1 aromatic carbocycles. The van der Waals surface area contributed by atoms with Gasteiger partial charge in [-0.15, -0.1) is 0 Å². The fourth-order valence-electron chi connectivity index (χ4n) is 2.75. The maximum absolute atomic E-state index is 11.0. The number of hydrogen-bond donors (Lipinski definition) is 1. The number of halogens is 1. The molecule has 1 fully saturated rings. The van der Waals surface area contributed by atoms with Crippen LogP contribution in [0.25, 0.3) is 0 Å². The van der Waals surface area contributed by atoms with Gasteiger partial charge in [-0.2, -0.15) is 0 Å². The molecule has 1 unspecified atom stereocenters. The molecule has 0 spiro atoms. The first kappa shape index (κ1) is 16.2. The Labute approximate surface area is 130 Å². The van der Waals surface area contributed by atoms with E-state index in [1.807, 2.05) is 0 Å². The van der Waals surface area contributed by atoms with Crippen LogP contribution in [0.2, 0.25) is 5.02 Å². The highest BCUT2D eigenvalue weighted by atomic mass is 35.5. The molecule has 1 aliphatic heterocycles. The summed E-state index contributed by atoms with van der Waals surface area (Å²) >= 11 is 5.93. The van der Waals surface area contributed by atoms with Crippen LogP contribution in [0, 0.1) is 10.1 Å². The molecule has 1 saturated heterocycles. The predicted octanol–water partition coefficient (Wildman–Crippen LogP) is 3.21. The number of hydrogen-bond acceptors (Lipinski definition) is 4. The van der Waals surface area contributed by atoms with Crippen LogP contribution in [0.4, 0.5) is 5.69 Å². The average Bonchev–Trinajstić information content (AvgIpc) is 2.46. The minimum Gasteiger partial charge on any atom is -0.309 e. The highest BCUT2D eigenvalue weighted by Gasteiger charge is 2.16. The number of nitro groups is 1. The van der Waals surface area contributed by atoms with E-state index in [-0.39, 0.29) is 10.6 Å². The lowest BCUT2D eigenvalue weighted by atomic mass is 10.1. The molecule has 1 aromatic rings. The molecule has 1 N–H and O–H groups in total. The van der Waals surface area contributed by atoms with Gasteiger partial charge < -0.3 is 10.2 Å². The molecule has 2 rings (SSSR count). The normalized spacial score (nSPS) is 17.6. The van der Waals surface area contributed by atoms with Crippen LogP contribution in [0.3, 0.4) is 0 Å². The van der Waals surface area contributed by atoms with Crippen LogP contribution in [0.5, 0.6) is 0 Å². The number of benzene rings is 1. The molecule has 21 heavy (non-hydrogen) atoms. The quantitative estimate of drug-likeness (QED) is 0.647. The summed E-state index contributed by atoms with van der Waals surface area (Å²) in [6.07, 6.45) is 3.87. The van der Waals surface area contributed by atoms with Crippen molar-refractivity contribution in [2.24, 2.45) is 0 Å². The van der Waals surface area contributed by atoms with Gasteiger partial charge in [-0.1, -0.05) is 18.0 Å². The summed E-state index contributed by atoms with van der Waals surface area (Å²) in [6, 6.07) is 4.98. The summed E-state index contributed by atoms with van der Waals surface area (Å²) in [4.78, 5) is 13.1. The molecule has 0 amide bonds. The first-order valence-corrected chi connectivity index (χ1v) is 7.82. The van der Waals surface area contributed by atoms with E-state index < -0.39 is 0 Å². The van der Waals surface area contributed by atoms with E-state index in [9.17, 15) is 10.1 Å².